The van der Waals surface area contributed by atoms with Gasteiger partial charge in [0.1, 0.15) is 0 Å². The summed E-state index contributed by atoms with van der Waals surface area (Å²) in [5.41, 5.74) is 2.94. The van der Waals surface area contributed by atoms with Crippen molar-refractivity contribution >= 4 is 33.3 Å². The first-order valence-corrected chi connectivity index (χ1v) is 7.25. The summed E-state index contributed by atoms with van der Waals surface area (Å²) in [7, 11) is 0. The lowest BCUT2D eigenvalue weighted by atomic mass is 10.0. The van der Waals surface area contributed by atoms with E-state index in [2.05, 4.69) is 36.4 Å². The minimum absolute atomic E-state index is 0.690. The van der Waals surface area contributed by atoms with E-state index < -0.39 is 0 Å². The number of halogens is 1. The Morgan fingerprint density at radius 1 is 0.619 bits per heavy atom. The van der Waals surface area contributed by atoms with Crippen LogP contribution < -0.4 is 0 Å². The molecule has 4 rings (SSSR count). The van der Waals surface area contributed by atoms with Gasteiger partial charge in [0.2, 0.25) is 0 Å². The minimum Gasteiger partial charge on any atom is -0.246 e. The molecular formula is C19H12ClN. The van der Waals surface area contributed by atoms with E-state index in [0.717, 1.165) is 27.5 Å². The van der Waals surface area contributed by atoms with Crippen molar-refractivity contribution in [2.45, 2.75) is 0 Å². The lowest BCUT2D eigenvalue weighted by Crippen LogP contribution is -1.90. The minimum atomic E-state index is 0.690. The van der Waals surface area contributed by atoms with Gasteiger partial charge in [-0.3, -0.25) is 0 Å². The average molecular weight is 290 g/mol. The van der Waals surface area contributed by atoms with Crippen molar-refractivity contribution in [3.63, 3.8) is 0 Å². The highest BCUT2D eigenvalue weighted by Gasteiger charge is 2.11. The van der Waals surface area contributed by atoms with Gasteiger partial charge in [-0.1, -0.05) is 78.3 Å². The first kappa shape index (κ1) is 12.4. The number of pyridine rings is 1. The first-order chi connectivity index (χ1) is 10.3. The van der Waals surface area contributed by atoms with Gasteiger partial charge < -0.3 is 0 Å². The lowest BCUT2D eigenvalue weighted by molar-refractivity contribution is 1.43. The summed E-state index contributed by atoms with van der Waals surface area (Å²) in [4.78, 5) is 4.84. The van der Waals surface area contributed by atoms with Crippen LogP contribution in [0, 0.1) is 0 Å². The number of aromatic nitrogens is 1. The maximum Gasteiger partial charge on any atom is 0.0902 e. The fourth-order valence-electron chi connectivity index (χ4n) is 2.76. The van der Waals surface area contributed by atoms with Crippen molar-refractivity contribution < 1.29 is 0 Å². The molecule has 0 N–H and O–H groups in total. The predicted octanol–water partition coefficient (Wildman–Crippen LogP) is 5.71. The Kier molecular flexibility index (Phi) is 2.87. The number of nitrogens with zero attached hydrogens (tertiary/aromatic N) is 1. The van der Waals surface area contributed by atoms with Gasteiger partial charge in [-0.05, 0) is 11.5 Å². The van der Waals surface area contributed by atoms with Crippen molar-refractivity contribution in [1.29, 1.82) is 0 Å². The molecule has 3 aromatic carbocycles. The van der Waals surface area contributed by atoms with Crippen LogP contribution in [0.5, 0.6) is 0 Å². The molecule has 0 spiro atoms. The highest BCUT2D eigenvalue weighted by Crippen LogP contribution is 2.34. The zero-order valence-corrected chi connectivity index (χ0v) is 12.0. The summed E-state index contributed by atoms with van der Waals surface area (Å²) in [5, 5.41) is 4.12. The summed E-state index contributed by atoms with van der Waals surface area (Å²) < 4.78 is 0. The Bertz CT molecular complexity index is 945. The Hall–Kier alpha value is -2.38. The number of fused-ring (bicyclic) bond motifs is 3. The number of rotatable bonds is 1. The van der Waals surface area contributed by atoms with Crippen molar-refractivity contribution in [3.05, 3.63) is 77.8 Å². The molecule has 1 heterocycles. The number of para-hydroxylation sites is 1. The van der Waals surface area contributed by atoms with Crippen LogP contribution in [0.2, 0.25) is 5.02 Å². The predicted molar refractivity (Wildman–Crippen MR) is 89.7 cm³/mol. The molecule has 0 atom stereocenters. The highest BCUT2D eigenvalue weighted by atomic mass is 35.5. The quantitative estimate of drug-likeness (QED) is 0.409. The van der Waals surface area contributed by atoms with E-state index in [1.54, 1.807) is 0 Å². The van der Waals surface area contributed by atoms with Crippen LogP contribution in [0.1, 0.15) is 0 Å². The van der Waals surface area contributed by atoms with E-state index in [0.29, 0.717) is 5.02 Å². The standard InChI is InChI=1S/C19H12ClN/c20-17-12-6-11-16-14-9-4-5-10-15(14)18(21-19(16)17)13-7-2-1-3-8-13/h1-12H. The second-order valence-corrected chi connectivity index (χ2v) is 5.42. The molecule has 0 aliphatic heterocycles. The third-order valence-electron chi connectivity index (χ3n) is 3.73. The molecule has 21 heavy (non-hydrogen) atoms. The fourth-order valence-corrected chi connectivity index (χ4v) is 2.98. The second kappa shape index (κ2) is 4.87. The van der Waals surface area contributed by atoms with Gasteiger partial charge >= 0.3 is 0 Å². The van der Waals surface area contributed by atoms with Gasteiger partial charge in [0.15, 0.2) is 0 Å². The molecule has 4 aromatic rings. The van der Waals surface area contributed by atoms with E-state index >= 15 is 0 Å². The molecule has 0 radical (unpaired) electrons. The molecule has 0 bridgehead atoms. The Balaban J connectivity index is 2.21. The third kappa shape index (κ3) is 1.98. The molecule has 0 fully saturated rings. The van der Waals surface area contributed by atoms with Gasteiger partial charge in [0.25, 0.3) is 0 Å². The zero-order valence-electron chi connectivity index (χ0n) is 11.3. The largest absolute Gasteiger partial charge is 0.246 e. The molecule has 0 amide bonds. The van der Waals surface area contributed by atoms with Gasteiger partial charge in [-0.15, -0.1) is 0 Å². The van der Waals surface area contributed by atoms with E-state index in [1.165, 1.54) is 5.39 Å². The van der Waals surface area contributed by atoms with Gasteiger partial charge in [0.05, 0.1) is 16.2 Å². The van der Waals surface area contributed by atoms with Crippen LogP contribution >= 0.6 is 11.6 Å². The van der Waals surface area contributed by atoms with E-state index in [-0.39, 0.29) is 0 Å². The van der Waals surface area contributed by atoms with Crippen LogP contribution in [-0.4, -0.2) is 4.98 Å². The van der Waals surface area contributed by atoms with Crippen LogP contribution in [0.3, 0.4) is 0 Å². The van der Waals surface area contributed by atoms with Crippen LogP contribution in [0.4, 0.5) is 0 Å². The topological polar surface area (TPSA) is 12.9 Å². The maximum atomic E-state index is 6.35. The zero-order chi connectivity index (χ0) is 14.2. The normalized spacial score (nSPS) is 11.1. The molecule has 0 saturated heterocycles. The van der Waals surface area contributed by atoms with Crippen molar-refractivity contribution in [2.24, 2.45) is 0 Å². The molecular weight excluding hydrogens is 278 g/mol. The van der Waals surface area contributed by atoms with Crippen LogP contribution in [0.25, 0.3) is 32.9 Å². The number of benzene rings is 3. The molecule has 1 aromatic heterocycles. The van der Waals surface area contributed by atoms with E-state index in [9.17, 15) is 0 Å². The average Bonchev–Trinajstić information content (AvgIpc) is 2.55. The molecule has 0 aliphatic carbocycles. The van der Waals surface area contributed by atoms with E-state index in [4.69, 9.17) is 16.6 Å². The summed E-state index contributed by atoms with van der Waals surface area (Å²) in [6.45, 7) is 0. The molecule has 1 nitrogen and oxygen atoms in total. The van der Waals surface area contributed by atoms with Gasteiger partial charge in [-0.25, -0.2) is 4.98 Å². The highest BCUT2D eigenvalue weighted by molar-refractivity contribution is 6.36. The number of hydrogen-bond donors (Lipinski definition) is 0. The van der Waals surface area contributed by atoms with Crippen molar-refractivity contribution in [3.8, 4) is 11.3 Å². The Morgan fingerprint density at radius 2 is 1.29 bits per heavy atom. The van der Waals surface area contributed by atoms with Gasteiger partial charge in [0, 0.05) is 16.3 Å². The molecule has 0 saturated carbocycles. The van der Waals surface area contributed by atoms with Gasteiger partial charge in [-0.2, -0.15) is 0 Å². The molecule has 0 aliphatic rings. The summed E-state index contributed by atoms with van der Waals surface area (Å²) in [6.07, 6.45) is 0. The first-order valence-electron chi connectivity index (χ1n) is 6.87. The Morgan fingerprint density at radius 3 is 2.10 bits per heavy atom. The third-order valence-corrected chi connectivity index (χ3v) is 4.03. The second-order valence-electron chi connectivity index (χ2n) is 5.01. The lowest BCUT2D eigenvalue weighted by Gasteiger charge is -2.10. The molecule has 100 valence electrons. The van der Waals surface area contributed by atoms with Crippen molar-refractivity contribution in [2.75, 3.05) is 0 Å². The molecule has 0 unspecified atom stereocenters. The summed E-state index contributed by atoms with van der Waals surface area (Å²) in [6, 6.07) is 24.5. The maximum absolute atomic E-state index is 6.35. The smallest absolute Gasteiger partial charge is 0.0902 e. The SMILES string of the molecule is Clc1cccc2c1nc(-c1ccccc1)c1ccccc12. The monoisotopic (exact) mass is 289 g/mol. The summed E-state index contributed by atoms with van der Waals surface area (Å²) >= 11 is 6.35. The van der Waals surface area contributed by atoms with Crippen LogP contribution in [0.15, 0.2) is 72.8 Å². The summed E-state index contributed by atoms with van der Waals surface area (Å²) in [5.74, 6) is 0. The fraction of sp³-hybridized carbons (Fsp3) is 0. The van der Waals surface area contributed by atoms with Crippen LogP contribution in [-0.2, 0) is 0 Å². The molecule has 2 heteroatoms. The van der Waals surface area contributed by atoms with E-state index in [1.807, 2.05) is 36.4 Å². The van der Waals surface area contributed by atoms with Crippen molar-refractivity contribution in [1.82, 2.24) is 4.98 Å². The number of hydrogen-bond acceptors (Lipinski definition) is 1. The Labute approximate surface area is 127 Å².